The summed E-state index contributed by atoms with van der Waals surface area (Å²) in [4.78, 5) is 0. The minimum atomic E-state index is -4.50. The van der Waals surface area contributed by atoms with Gasteiger partial charge in [0.05, 0.1) is 6.61 Å². The summed E-state index contributed by atoms with van der Waals surface area (Å²) in [5.41, 5.74) is 4.88. The zero-order valence-electron chi connectivity index (χ0n) is 9.60. The number of nitrogens with one attached hydrogen (secondary N) is 1. The first kappa shape index (κ1) is 15.2. The Morgan fingerprint density at radius 2 is 1.94 bits per heavy atom. The van der Waals surface area contributed by atoms with E-state index in [1.54, 1.807) is 0 Å². The van der Waals surface area contributed by atoms with Crippen molar-refractivity contribution in [2.45, 2.75) is 32.9 Å². The average molecular weight is 240 g/mol. The molecule has 2 unspecified atom stereocenters. The third kappa shape index (κ3) is 5.95. The Hall–Kier alpha value is -0.780. The predicted octanol–water partition coefficient (Wildman–Crippen LogP) is 2.55. The smallest absolute Gasteiger partial charge is 0.387 e. The molecule has 0 spiro atoms. The summed E-state index contributed by atoms with van der Waals surface area (Å²) in [6, 6.07) is 0. The normalized spacial score (nSPS) is 15.8. The molecule has 0 saturated heterocycles. The number of rotatable bonds is 7. The lowest BCUT2D eigenvalue weighted by Crippen LogP contribution is -2.38. The summed E-state index contributed by atoms with van der Waals surface area (Å²) in [5, 5.41) is 6.85. The van der Waals surface area contributed by atoms with Crippen molar-refractivity contribution in [1.82, 2.24) is 0 Å². The first-order valence-electron chi connectivity index (χ1n) is 5.27. The van der Waals surface area contributed by atoms with Gasteiger partial charge in [-0.25, -0.2) is 0 Å². The molecule has 0 radical (unpaired) electrons. The molecule has 3 N–H and O–H groups in total. The van der Waals surface area contributed by atoms with E-state index in [1.165, 1.54) is 0 Å². The molecule has 0 amide bonds. The molecule has 96 valence electrons. The van der Waals surface area contributed by atoms with Crippen LogP contribution in [0.1, 0.15) is 26.7 Å². The van der Waals surface area contributed by atoms with Crippen molar-refractivity contribution in [3.8, 4) is 0 Å². The minimum absolute atomic E-state index is 0.228. The van der Waals surface area contributed by atoms with E-state index in [4.69, 9.17) is 15.9 Å². The Kier molecular flexibility index (Phi) is 6.40. The van der Waals surface area contributed by atoms with E-state index < -0.39 is 24.5 Å². The molecule has 2 atom stereocenters. The molecule has 0 aromatic heterocycles. The maximum Gasteiger partial charge on any atom is 0.400 e. The van der Waals surface area contributed by atoms with Gasteiger partial charge in [0.2, 0.25) is 0 Å². The van der Waals surface area contributed by atoms with Gasteiger partial charge in [0.25, 0.3) is 0 Å². The van der Waals surface area contributed by atoms with Crippen molar-refractivity contribution in [3.63, 3.8) is 0 Å². The molecule has 3 nitrogen and oxygen atoms in total. The minimum Gasteiger partial charge on any atom is -0.387 e. The second-order valence-electron chi connectivity index (χ2n) is 3.98. The molecule has 0 aliphatic carbocycles. The Balaban J connectivity index is 4.00. The van der Waals surface area contributed by atoms with Gasteiger partial charge in [-0.15, -0.1) is 0 Å². The third-order valence-corrected chi connectivity index (χ3v) is 2.24. The van der Waals surface area contributed by atoms with Crippen LogP contribution in [0.25, 0.3) is 0 Å². The molecule has 0 bridgehead atoms. The maximum atomic E-state index is 12.3. The maximum absolute atomic E-state index is 12.3. The lowest BCUT2D eigenvalue weighted by atomic mass is 10.1. The summed E-state index contributed by atoms with van der Waals surface area (Å²) in [6.07, 6.45) is -2.61. The Morgan fingerprint density at radius 1 is 1.38 bits per heavy atom. The van der Waals surface area contributed by atoms with Crippen LogP contribution in [0.4, 0.5) is 13.2 Å². The number of halogens is 3. The largest absolute Gasteiger partial charge is 0.400 e. The van der Waals surface area contributed by atoms with Crippen molar-refractivity contribution in [1.29, 1.82) is 5.41 Å². The van der Waals surface area contributed by atoms with Crippen LogP contribution in [-0.4, -0.2) is 25.2 Å². The van der Waals surface area contributed by atoms with Crippen molar-refractivity contribution in [3.05, 3.63) is 0 Å². The fraction of sp³-hybridized carbons (Fsp3) is 0.900. The van der Waals surface area contributed by atoms with Gasteiger partial charge in [0.15, 0.2) is 0 Å². The summed E-state index contributed by atoms with van der Waals surface area (Å²) in [6.45, 7) is 3.63. The number of nitrogens with two attached hydrogens (primary N) is 1. The van der Waals surface area contributed by atoms with Gasteiger partial charge in [0, 0.05) is 6.61 Å². The van der Waals surface area contributed by atoms with E-state index in [2.05, 4.69) is 0 Å². The van der Waals surface area contributed by atoms with Crippen LogP contribution >= 0.6 is 0 Å². The first-order valence-corrected chi connectivity index (χ1v) is 5.27. The number of alkyl halides is 3. The van der Waals surface area contributed by atoms with Gasteiger partial charge in [-0.3, -0.25) is 5.41 Å². The van der Waals surface area contributed by atoms with E-state index in [9.17, 15) is 13.2 Å². The monoisotopic (exact) mass is 240 g/mol. The lowest BCUT2D eigenvalue weighted by Gasteiger charge is -2.20. The Morgan fingerprint density at radius 3 is 2.31 bits per heavy atom. The van der Waals surface area contributed by atoms with Gasteiger partial charge < -0.3 is 10.5 Å². The van der Waals surface area contributed by atoms with Crippen LogP contribution < -0.4 is 5.73 Å². The second kappa shape index (κ2) is 6.73. The van der Waals surface area contributed by atoms with Crippen LogP contribution in [0, 0.1) is 17.2 Å². The summed E-state index contributed by atoms with van der Waals surface area (Å²) in [5.74, 6) is -2.65. The molecule has 0 aromatic rings. The Bertz CT molecular complexity index is 219. The SMILES string of the molecule is CCCC(C)COCC(C(=N)N)C(F)(F)F. The van der Waals surface area contributed by atoms with E-state index >= 15 is 0 Å². The van der Waals surface area contributed by atoms with Gasteiger partial charge in [-0.2, -0.15) is 13.2 Å². The highest BCUT2D eigenvalue weighted by Crippen LogP contribution is 2.26. The molecular formula is C10H19F3N2O. The van der Waals surface area contributed by atoms with E-state index in [0.717, 1.165) is 12.8 Å². The highest BCUT2D eigenvalue weighted by atomic mass is 19.4. The number of amidine groups is 1. The van der Waals surface area contributed by atoms with Crippen molar-refractivity contribution < 1.29 is 17.9 Å². The molecule has 0 saturated carbocycles. The standard InChI is InChI=1S/C10H19F3N2O/c1-3-4-7(2)5-16-6-8(9(14)15)10(11,12)13/h7-8H,3-6H2,1-2H3,(H3,14,15). The molecule has 0 aliphatic heterocycles. The predicted molar refractivity (Wildman–Crippen MR) is 56.4 cm³/mol. The zero-order valence-corrected chi connectivity index (χ0v) is 9.60. The quantitative estimate of drug-likeness (QED) is 0.530. The zero-order chi connectivity index (χ0) is 12.8. The first-order chi connectivity index (χ1) is 7.29. The lowest BCUT2D eigenvalue weighted by molar-refractivity contribution is -0.169. The molecule has 0 rings (SSSR count). The molecule has 16 heavy (non-hydrogen) atoms. The number of hydrogen-bond acceptors (Lipinski definition) is 2. The van der Waals surface area contributed by atoms with Crippen LogP contribution in [0.5, 0.6) is 0 Å². The molecular weight excluding hydrogens is 221 g/mol. The highest BCUT2D eigenvalue weighted by molar-refractivity contribution is 5.80. The van der Waals surface area contributed by atoms with Crippen LogP contribution in [0.3, 0.4) is 0 Å². The summed E-state index contributed by atoms with van der Waals surface area (Å²) < 4.78 is 42.0. The molecule has 0 aromatic carbocycles. The molecule has 0 fully saturated rings. The highest BCUT2D eigenvalue weighted by Gasteiger charge is 2.42. The number of hydrogen-bond donors (Lipinski definition) is 2. The summed E-state index contributed by atoms with van der Waals surface area (Å²) >= 11 is 0. The van der Waals surface area contributed by atoms with Crippen LogP contribution in [0.2, 0.25) is 0 Å². The van der Waals surface area contributed by atoms with Crippen molar-refractivity contribution in [2.24, 2.45) is 17.6 Å². The molecule has 0 aliphatic rings. The van der Waals surface area contributed by atoms with E-state index in [0.29, 0.717) is 0 Å². The topological polar surface area (TPSA) is 59.1 Å². The van der Waals surface area contributed by atoms with Crippen molar-refractivity contribution in [2.75, 3.05) is 13.2 Å². The molecule has 0 heterocycles. The van der Waals surface area contributed by atoms with Gasteiger partial charge in [0.1, 0.15) is 11.8 Å². The molecule has 6 heteroatoms. The summed E-state index contributed by atoms with van der Waals surface area (Å²) in [7, 11) is 0. The number of ether oxygens (including phenoxy) is 1. The van der Waals surface area contributed by atoms with E-state index in [-0.39, 0.29) is 12.5 Å². The fourth-order valence-electron chi connectivity index (χ4n) is 1.32. The van der Waals surface area contributed by atoms with Gasteiger partial charge in [-0.1, -0.05) is 20.3 Å². The second-order valence-corrected chi connectivity index (χ2v) is 3.98. The van der Waals surface area contributed by atoms with Crippen LogP contribution in [-0.2, 0) is 4.74 Å². The van der Waals surface area contributed by atoms with Gasteiger partial charge in [-0.05, 0) is 12.3 Å². The van der Waals surface area contributed by atoms with Crippen molar-refractivity contribution >= 4 is 5.84 Å². The van der Waals surface area contributed by atoms with Crippen LogP contribution in [0.15, 0.2) is 0 Å². The van der Waals surface area contributed by atoms with E-state index in [1.807, 2.05) is 13.8 Å². The Labute approximate surface area is 93.7 Å². The van der Waals surface area contributed by atoms with Gasteiger partial charge >= 0.3 is 6.18 Å². The average Bonchev–Trinajstić information content (AvgIpc) is 2.10. The fourth-order valence-corrected chi connectivity index (χ4v) is 1.32. The third-order valence-electron chi connectivity index (χ3n) is 2.24.